The van der Waals surface area contributed by atoms with E-state index in [4.69, 9.17) is 9.47 Å². The van der Waals surface area contributed by atoms with E-state index in [2.05, 4.69) is 5.32 Å². The number of hydrogen-bond acceptors (Lipinski definition) is 5. The Kier molecular flexibility index (Phi) is 6.20. The second-order valence-corrected chi connectivity index (χ2v) is 7.82. The maximum atomic E-state index is 12.3. The number of rotatable bonds is 6. The summed E-state index contributed by atoms with van der Waals surface area (Å²) in [6.45, 7) is 2.57. The predicted molar refractivity (Wildman–Crippen MR) is 91.5 cm³/mol. The molecule has 0 bridgehead atoms. The molecule has 0 unspecified atom stereocenters. The molecule has 1 aliphatic heterocycles. The van der Waals surface area contributed by atoms with E-state index in [1.165, 1.54) is 0 Å². The van der Waals surface area contributed by atoms with Gasteiger partial charge in [0.25, 0.3) is 0 Å². The monoisotopic (exact) mass is 356 g/mol. The number of methoxy groups -OCH3 is 1. The molecule has 0 aliphatic carbocycles. The fourth-order valence-corrected chi connectivity index (χ4v) is 3.49. The molecule has 0 aromatic heterocycles. The van der Waals surface area contributed by atoms with Crippen LogP contribution in [0.15, 0.2) is 24.3 Å². The Balaban J connectivity index is 2.09. The highest BCUT2D eigenvalue weighted by atomic mass is 32.2. The van der Waals surface area contributed by atoms with E-state index in [0.717, 1.165) is 16.1 Å². The van der Waals surface area contributed by atoms with Crippen LogP contribution in [-0.2, 0) is 24.3 Å². The molecule has 1 heterocycles. The van der Waals surface area contributed by atoms with Gasteiger partial charge < -0.3 is 14.8 Å². The van der Waals surface area contributed by atoms with Crippen LogP contribution in [0, 0.1) is 6.92 Å². The molecule has 1 aromatic carbocycles. The molecule has 1 aromatic rings. The fourth-order valence-electron chi connectivity index (χ4n) is 2.63. The van der Waals surface area contributed by atoms with E-state index in [0.29, 0.717) is 25.3 Å². The first-order valence-electron chi connectivity index (χ1n) is 7.75. The molecule has 1 aliphatic rings. The van der Waals surface area contributed by atoms with Crippen LogP contribution in [0.2, 0.25) is 0 Å². The molecule has 1 fully saturated rings. The van der Waals surface area contributed by atoms with Crippen molar-refractivity contribution in [1.29, 1.82) is 0 Å². The van der Waals surface area contributed by atoms with E-state index < -0.39 is 15.9 Å². The Morgan fingerprint density at radius 3 is 2.62 bits per heavy atom. The summed E-state index contributed by atoms with van der Waals surface area (Å²) in [7, 11) is -1.99. The van der Waals surface area contributed by atoms with Gasteiger partial charge in [-0.3, -0.25) is 9.10 Å². The average molecular weight is 356 g/mol. The van der Waals surface area contributed by atoms with Crippen LogP contribution in [0.3, 0.4) is 0 Å². The summed E-state index contributed by atoms with van der Waals surface area (Å²) < 4.78 is 35.9. The van der Waals surface area contributed by atoms with Gasteiger partial charge in [0, 0.05) is 13.7 Å². The third-order valence-corrected chi connectivity index (χ3v) is 5.09. The highest BCUT2D eigenvalue weighted by Crippen LogP contribution is 2.18. The molecule has 7 nitrogen and oxygen atoms in total. The molecule has 8 heteroatoms. The summed E-state index contributed by atoms with van der Waals surface area (Å²) in [5.41, 5.74) is 1.47. The number of hydrogen-bond donors (Lipinski definition) is 1. The Morgan fingerprint density at radius 1 is 1.38 bits per heavy atom. The second-order valence-electron chi connectivity index (χ2n) is 5.92. The van der Waals surface area contributed by atoms with Crippen molar-refractivity contribution in [3.05, 3.63) is 29.8 Å². The van der Waals surface area contributed by atoms with E-state index in [-0.39, 0.29) is 18.7 Å². The van der Waals surface area contributed by atoms with Gasteiger partial charge in [0.05, 0.1) is 30.7 Å². The molecule has 24 heavy (non-hydrogen) atoms. The van der Waals surface area contributed by atoms with Gasteiger partial charge in [-0.05, 0) is 25.5 Å². The molecule has 0 radical (unpaired) electrons. The lowest BCUT2D eigenvalue weighted by Gasteiger charge is -2.31. The van der Waals surface area contributed by atoms with Crippen LogP contribution in [-0.4, -0.2) is 59.6 Å². The normalized spacial score (nSPS) is 21.3. The van der Waals surface area contributed by atoms with Crippen molar-refractivity contribution < 1.29 is 22.7 Å². The number of carbonyl (C=O) groups is 1. The first-order valence-corrected chi connectivity index (χ1v) is 9.60. The lowest BCUT2D eigenvalue weighted by atomic mass is 10.1. The van der Waals surface area contributed by atoms with Gasteiger partial charge in [-0.2, -0.15) is 0 Å². The van der Waals surface area contributed by atoms with Gasteiger partial charge in [-0.25, -0.2) is 8.42 Å². The van der Waals surface area contributed by atoms with Crippen LogP contribution in [0.1, 0.15) is 12.0 Å². The number of carbonyl (C=O) groups excluding carboxylic acids is 1. The predicted octanol–water partition coefficient (Wildman–Crippen LogP) is 0.681. The molecule has 0 spiro atoms. The molecule has 1 amide bonds. The van der Waals surface area contributed by atoms with Crippen LogP contribution in [0.4, 0.5) is 5.69 Å². The lowest BCUT2D eigenvalue weighted by Crippen LogP contribution is -2.53. The smallest absolute Gasteiger partial charge is 0.241 e. The molecule has 1 N–H and O–H groups in total. The van der Waals surface area contributed by atoms with Gasteiger partial charge >= 0.3 is 0 Å². The summed E-state index contributed by atoms with van der Waals surface area (Å²) in [5, 5.41) is 2.81. The number of ether oxygens (including phenoxy) is 2. The zero-order valence-corrected chi connectivity index (χ0v) is 15.0. The molecule has 2 atom stereocenters. The molecule has 2 rings (SSSR count). The summed E-state index contributed by atoms with van der Waals surface area (Å²) in [6, 6.07) is 6.70. The Morgan fingerprint density at radius 2 is 2.04 bits per heavy atom. The Hall–Kier alpha value is -1.64. The summed E-state index contributed by atoms with van der Waals surface area (Å²) in [5.74, 6) is -0.390. The number of anilines is 1. The highest BCUT2D eigenvalue weighted by molar-refractivity contribution is 7.92. The first-order chi connectivity index (χ1) is 11.3. The van der Waals surface area contributed by atoms with E-state index in [1.807, 2.05) is 6.92 Å². The Labute approximate surface area is 143 Å². The number of nitrogens with one attached hydrogen (secondary N) is 1. The van der Waals surface area contributed by atoms with Crippen LogP contribution < -0.4 is 9.62 Å². The van der Waals surface area contributed by atoms with Crippen LogP contribution in [0.5, 0.6) is 0 Å². The van der Waals surface area contributed by atoms with Gasteiger partial charge in [0.2, 0.25) is 15.9 Å². The Bertz CT molecular complexity index is 660. The minimum Gasteiger partial charge on any atom is -0.379 e. The SMILES string of the molecule is CO[C@@H]1CCOC[C@H]1NC(=O)CN(c1ccc(C)cc1)S(C)(=O)=O. The average Bonchev–Trinajstić information content (AvgIpc) is 2.53. The fraction of sp³-hybridized carbons (Fsp3) is 0.562. The minimum absolute atomic E-state index is 0.131. The number of benzene rings is 1. The van der Waals surface area contributed by atoms with Crippen molar-refractivity contribution in [2.45, 2.75) is 25.5 Å². The van der Waals surface area contributed by atoms with Crippen molar-refractivity contribution in [3.8, 4) is 0 Å². The number of nitrogens with zero attached hydrogens (tertiary/aromatic N) is 1. The summed E-state index contributed by atoms with van der Waals surface area (Å²) in [4.78, 5) is 12.3. The number of sulfonamides is 1. The molecule has 0 saturated carbocycles. The zero-order chi connectivity index (χ0) is 17.7. The standard InChI is InChI=1S/C16H24N2O5S/c1-12-4-6-13(7-5-12)18(24(3,20)21)10-16(19)17-14-11-23-9-8-15(14)22-2/h4-7,14-15H,8-11H2,1-3H3,(H,17,19)/t14-,15-/m1/s1. The third kappa shape index (κ3) is 4.93. The topological polar surface area (TPSA) is 84.9 Å². The lowest BCUT2D eigenvalue weighted by molar-refractivity contribution is -0.123. The summed E-state index contributed by atoms with van der Waals surface area (Å²) >= 11 is 0. The quantitative estimate of drug-likeness (QED) is 0.810. The van der Waals surface area contributed by atoms with E-state index >= 15 is 0 Å². The maximum absolute atomic E-state index is 12.3. The van der Waals surface area contributed by atoms with Gasteiger partial charge in [0.1, 0.15) is 6.54 Å². The van der Waals surface area contributed by atoms with Gasteiger partial charge in [0.15, 0.2) is 0 Å². The molecule has 134 valence electrons. The van der Waals surface area contributed by atoms with E-state index in [9.17, 15) is 13.2 Å². The van der Waals surface area contributed by atoms with Crippen LogP contribution >= 0.6 is 0 Å². The van der Waals surface area contributed by atoms with Crippen molar-refractivity contribution in [1.82, 2.24) is 5.32 Å². The van der Waals surface area contributed by atoms with Crippen molar-refractivity contribution in [3.63, 3.8) is 0 Å². The first kappa shape index (κ1) is 18.7. The van der Waals surface area contributed by atoms with Crippen molar-refractivity contribution in [2.24, 2.45) is 0 Å². The minimum atomic E-state index is -3.58. The van der Waals surface area contributed by atoms with Crippen LogP contribution in [0.25, 0.3) is 0 Å². The van der Waals surface area contributed by atoms with Gasteiger partial charge in [-0.1, -0.05) is 17.7 Å². The zero-order valence-electron chi connectivity index (χ0n) is 14.2. The molecule has 1 saturated heterocycles. The molecular weight excluding hydrogens is 332 g/mol. The van der Waals surface area contributed by atoms with Gasteiger partial charge in [-0.15, -0.1) is 0 Å². The highest BCUT2D eigenvalue weighted by Gasteiger charge is 2.28. The second kappa shape index (κ2) is 7.96. The van der Waals surface area contributed by atoms with Crippen molar-refractivity contribution in [2.75, 3.05) is 37.4 Å². The molecular formula is C16H24N2O5S. The van der Waals surface area contributed by atoms with E-state index in [1.54, 1.807) is 31.4 Å². The third-order valence-electron chi connectivity index (χ3n) is 3.95. The summed E-state index contributed by atoms with van der Waals surface area (Å²) in [6.07, 6.45) is 1.64. The maximum Gasteiger partial charge on any atom is 0.241 e. The van der Waals surface area contributed by atoms with Crippen molar-refractivity contribution >= 4 is 21.6 Å². The largest absolute Gasteiger partial charge is 0.379 e. The number of aryl methyl sites for hydroxylation is 1. The number of amides is 1.